The highest BCUT2D eigenvalue weighted by atomic mass is 16.5. The maximum Gasteiger partial charge on any atom is 0.0787 e. The third-order valence-electron chi connectivity index (χ3n) is 3.36. The van der Waals surface area contributed by atoms with E-state index in [0.29, 0.717) is 12.1 Å². The molecule has 1 saturated heterocycles. The van der Waals surface area contributed by atoms with Gasteiger partial charge in [-0.2, -0.15) is 0 Å². The average Bonchev–Trinajstić information content (AvgIpc) is 2.31. The van der Waals surface area contributed by atoms with Gasteiger partial charge in [-0.25, -0.2) is 0 Å². The van der Waals surface area contributed by atoms with Gasteiger partial charge in [0, 0.05) is 12.1 Å². The molecule has 1 aliphatic heterocycles. The summed E-state index contributed by atoms with van der Waals surface area (Å²) in [4.78, 5) is 0. The lowest BCUT2D eigenvalue weighted by molar-refractivity contribution is -0.0704. The number of hydrogen-bond donors (Lipinski definition) is 1. The van der Waals surface area contributed by atoms with Crippen LogP contribution in [0.25, 0.3) is 0 Å². The number of allylic oxidation sites excluding steroid dienone is 1. The second-order valence-electron chi connectivity index (χ2n) is 6.16. The number of hydrogen-bond acceptors (Lipinski definition) is 2. The van der Waals surface area contributed by atoms with E-state index in [4.69, 9.17) is 4.74 Å². The van der Waals surface area contributed by atoms with Crippen LogP contribution in [0.1, 0.15) is 53.9 Å². The molecule has 0 aromatic carbocycles. The predicted molar refractivity (Wildman–Crippen MR) is 69.7 cm³/mol. The summed E-state index contributed by atoms with van der Waals surface area (Å²) in [6.07, 6.45) is 5.29. The zero-order valence-corrected chi connectivity index (χ0v) is 11.5. The van der Waals surface area contributed by atoms with Gasteiger partial charge >= 0.3 is 0 Å². The van der Waals surface area contributed by atoms with Crippen molar-refractivity contribution in [2.45, 2.75) is 77.2 Å². The molecule has 1 heterocycles. The monoisotopic (exact) mass is 225 g/mol. The second-order valence-corrected chi connectivity index (χ2v) is 6.16. The third kappa shape index (κ3) is 3.60. The van der Waals surface area contributed by atoms with Crippen molar-refractivity contribution < 1.29 is 4.74 Å². The van der Waals surface area contributed by atoms with E-state index in [0.717, 1.165) is 19.3 Å². The summed E-state index contributed by atoms with van der Waals surface area (Å²) >= 11 is 0. The SMILES string of the molecule is C=CCCC(C)NC1CC(C)(C)OC1(C)C. The van der Waals surface area contributed by atoms with E-state index in [-0.39, 0.29) is 11.2 Å². The van der Waals surface area contributed by atoms with Crippen molar-refractivity contribution in [1.29, 1.82) is 0 Å². The number of ether oxygens (including phenoxy) is 1. The number of rotatable bonds is 5. The molecule has 94 valence electrons. The first-order valence-corrected chi connectivity index (χ1v) is 6.34. The lowest BCUT2D eigenvalue weighted by Gasteiger charge is -2.30. The Morgan fingerprint density at radius 2 is 2.06 bits per heavy atom. The molecular weight excluding hydrogens is 198 g/mol. The fourth-order valence-corrected chi connectivity index (χ4v) is 2.62. The molecule has 0 aromatic rings. The van der Waals surface area contributed by atoms with E-state index in [9.17, 15) is 0 Å². The molecule has 2 nitrogen and oxygen atoms in total. The molecule has 2 heteroatoms. The van der Waals surface area contributed by atoms with E-state index < -0.39 is 0 Å². The van der Waals surface area contributed by atoms with Gasteiger partial charge < -0.3 is 10.1 Å². The molecular formula is C14H27NO. The molecule has 0 saturated carbocycles. The maximum atomic E-state index is 6.07. The first kappa shape index (κ1) is 13.7. The minimum atomic E-state index is -0.0636. The molecule has 2 atom stereocenters. The molecule has 0 spiro atoms. The molecule has 0 aliphatic carbocycles. The first-order valence-electron chi connectivity index (χ1n) is 6.34. The Bertz CT molecular complexity index is 245. The van der Waals surface area contributed by atoms with Crippen LogP contribution in [0.3, 0.4) is 0 Å². The van der Waals surface area contributed by atoms with Crippen LogP contribution >= 0.6 is 0 Å². The molecule has 1 aliphatic rings. The fraction of sp³-hybridized carbons (Fsp3) is 0.857. The lowest BCUT2D eigenvalue weighted by Crippen LogP contribution is -2.47. The van der Waals surface area contributed by atoms with Gasteiger partial charge in [-0.1, -0.05) is 6.08 Å². The summed E-state index contributed by atoms with van der Waals surface area (Å²) in [6, 6.07) is 0.974. The van der Waals surface area contributed by atoms with E-state index >= 15 is 0 Å². The predicted octanol–water partition coefficient (Wildman–Crippen LogP) is 3.28. The smallest absolute Gasteiger partial charge is 0.0787 e. The summed E-state index contributed by atoms with van der Waals surface area (Å²) in [7, 11) is 0. The van der Waals surface area contributed by atoms with Crippen LogP contribution < -0.4 is 5.32 Å². The van der Waals surface area contributed by atoms with Crippen molar-refractivity contribution in [3.63, 3.8) is 0 Å². The van der Waals surface area contributed by atoms with Crippen LogP contribution in [0.5, 0.6) is 0 Å². The Morgan fingerprint density at radius 1 is 1.44 bits per heavy atom. The Hall–Kier alpha value is -0.340. The third-order valence-corrected chi connectivity index (χ3v) is 3.36. The quantitative estimate of drug-likeness (QED) is 0.725. The Balaban J connectivity index is 2.50. The summed E-state index contributed by atoms with van der Waals surface area (Å²) < 4.78 is 6.07. The van der Waals surface area contributed by atoms with Crippen molar-refractivity contribution >= 4 is 0 Å². The Kier molecular flexibility index (Phi) is 4.19. The molecule has 2 unspecified atom stereocenters. The number of nitrogens with one attached hydrogen (secondary N) is 1. The van der Waals surface area contributed by atoms with E-state index in [1.807, 2.05) is 6.08 Å². The molecule has 1 N–H and O–H groups in total. The lowest BCUT2D eigenvalue weighted by atomic mass is 9.93. The zero-order valence-electron chi connectivity index (χ0n) is 11.5. The Labute approximate surface area is 100 Å². The minimum absolute atomic E-state index is 0.000671. The molecule has 16 heavy (non-hydrogen) atoms. The van der Waals surface area contributed by atoms with Crippen LogP contribution in [-0.2, 0) is 4.74 Å². The normalized spacial score (nSPS) is 28.9. The molecule has 0 aromatic heterocycles. The van der Waals surface area contributed by atoms with Gasteiger partial charge in [0.2, 0.25) is 0 Å². The van der Waals surface area contributed by atoms with Crippen LogP contribution in [0.2, 0.25) is 0 Å². The van der Waals surface area contributed by atoms with Gasteiger partial charge in [0.1, 0.15) is 0 Å². The Morgan fingerprint density at radius 3 is 2.50 bits per heavy atom. The van der Waals surface area contributed by atoms with Crippen molar-refractivity contribution in [1.82, 2.24) is 5.32 Å². The molecule has 0 radical (unpaired) electrons. The van der Waals surface area contributed by atoms with Crippen LogP contribution in [0, 0.1) is 0 Å². The standard InChI is InChI=1S/C14H27NO/c1-7-8-9-11(2)15-12-10-13(3,4)16-14(12,5)6/h7,11-12,15H,1,8-10H2,2-6H3. The molecule has 1 fully saturated rings. The van der Waals surface area contributed by atoms with Gasteiger partial charge in [0.25, 0.3) is 0 Å². The molecule has 0 bridgehead atoms. The van der Waals surface area contributed by atoms with Crippen molar-refractivity contribution in [3.05, 3.63) is 12.7 Å². The van der Waals surface area contributed by atoms with Gasteiger partial charge in [-0.15, -0.1) is 6.58 Å². The van der Waals surface area contributed by atoms with Crippen LogP contribution in [0.4, 0.5) is 0 Å². The average molecular weight is 225 g/mol. The highest BCUT2D eigenvalue weighted by molar-refractivity contribution is 4.99. The topological polar surface area (TPSA) is 21.3 Å². The summed E-state index contributed by atoms with van der Waals surface area (Å²) in [5.74, 6) is 0. The van der Waals surface area contributed by atoms with Gasteiger partial charge in [0.15, 0.2) is 0 Å². The second kappa shape index (κ2) is 4.89. The highest BCUT2D eigenvalue weighted by Crippen LogP contribution is 2.37. The zero-order chi connectivity index (χ0) is 12.4. The van der Waals surface area contributed by atoms with Crippen LogP contribution in [0.15, 0.2) is 12.7 Å². The summed E-state index contributed by atoms with van der Waals surface area (Å²) in [6.45, 7) is 14.7. The summed E-state index contributed by atoms with van der Waals surface area (Å²) in [5, 5.41) is 3.69. The van der Waals surface area contributed by atoms with Gasteiger partial charge in [0.05, 0.1) is 11.2 Å². The van der Waals surface area contributed by atoms with E-state index in [2.05, 4.69) is 46.5 Å². The van der Waals surface area contributed by atoms with Crippen molar-refractivity contribution in [2.24, 2.45) is 0 Å². The maximum absolute atomic E-state index is 6.07. The van der Waals surface area contributed by atoms with Gasteiger partial charge in [-0.05, 0) is 53.9 Å². The highest BCUT2D eigenvalue weighted by Gasteiger charge is 2.45. The van der Waals surface area contributed by atoms with Crippen molar-refractivity contribution in [3.8, 4) is 0 Å². The largest absolute Gasteiger partial charge is 0.368 e. The first-order chi connectivity index (χ1) is 7.27. The van der Waals surface area contributed by atoms with E-state index in [1.54, 1.807) is 0 Å². The van der Waals surface area contributed by atoms with Gasteiger partial charge in [-0.3, -0.25) is 0 Å². The molecule has 0 amide bonds. The van der Waals surface area contributed by atoms with E-state index in [1.165, 1.54) is 0 Å². The van der Waals surface area contributed by atoms with Crippen molar-refractivity contribution in [2.75, 3.05) is 0 Å². The minimum Gasteiger partial charge on any atom is -0.368 e. The van der Waals surface area contributed by atoms with Crippen LogP contribution in [-0.4, -0.2) is 23.3 Å². The molecule has 1 rings (SSSR count). The summed E-state index contributed by atoms with van der Waals surface area (Å²) in [5.41, 5.74) is -0.0642. The fourth-order valence-electron chi connectivity index (χ4n) is 2.62.